The molecule has 122 valence electrons. The number of nitrogens with one attached hydrogen (secondary N) is 1. The molecule has 0 saturated carbocycles. The number of hydrogen-bond donors (Lipinski definition) is 1. The van der Waals surface area contributed by atoms with E-state index in [9.17, 15) is 13.6 Å². The fraction of sp³-hybridized carbons (Fsp3) is 0.235. The van der Waals surface area contributed by atoms with Gasteiger partial charge in [0, 0.05) is 6.07 Å². The summed E-state index contributed by atoms with van der Waals surface area (Å²) in [4.78, 5) is 11.9. The Bertz CT molecular complexity index is 647. The van der Waals surface area contributed by atoms with Gasteiger partial charge in [0.1, 0.15) is 29.7 Å². The van der Waals surface area contributed by atoms with Gasteiger partial charge in [-0.05, 0) is 43.3 Å². The summed E-state index contributed by atoms with van der Waals surface area (Å²) in [6, 6.07) is 11.2. The standard InChI is InChI=1S/C17H17F2NO3/c1-12(23-16-4-2-3-14(19)11-16)17(21)20-9-10-22-15-7-5-13(18)6-8-15/h2-8,11-12H,9-10H2,1H3,(H,20,21). The normalized spacial score (nSPS) is 11.6. The summed E-state index contributed by atoms with van der Waals surface area (Å²) in [6.45, 7) is 2.08. The summed E-state index contributed by atoms with van der Waals surface area (Å²) in [5.74, 6) is -0.298. The number of carbonyl (C=O) groups excluding carboxylic acids is 1. The maximum atomic E-state index is 13.0. The minimum Gasteiger partial charge on any atom is -0.492 e. The molecule has 2 aromatic rings. The molecule has 1 atom stereocenters. The van der Waals surface area contributed by atoms with Crippen molar-refractivity contribution in [2.75, 3.05) is 13.2 Å². The van der Waals surface area contributed by atoms with Crippen LogP contribution in [-0.4, -0.2) is 25.2 Å². The fourth-order valence-corrected chi connectivity index (χ4v) is 1.82. The van der Waals surface area contributed by atoms with Crippen LogP contribution in [0.1, 0.15) is 6.92 Å². The van der Waals surface area contributed by atoms with E-state index in [1.165, 1.54) is 42.5 Å². The molecule has 0 radical (unpaired) electrons. The van der Waals surface area contributed by atoms with E-state index in [2.05, 4.69) is 5.32 Å². The third-order valence-corrected chi connectivity index (χ3v) is 2.96. The van der Waals surface area contributed by atoms with Gasteiger partial charge in [0.15, 0.2) is 6.10 Å². The molecule has 1 unspecified atom stereocenters. The van der Waals surface area contributed by atoms with Crippen molar-refractivity contribution < 1.29 is 23.0 Å². The van der Waals surface area contributed by atoms with Crippen LogP contribution in [-0.2, 0) is 4.79 Å². The number of amides is 1. The van der Waals surface area contributed by atoms with Crippen LogP contribution in [0.25, 0.3) is 0 Å². The minimum atomic E-state index is -0.761. The SMILES string of the molecule is CC(Oc1cccc(F)c1)C(=O)NCCOc1ccc(F)cc1. The first-order valence-electron chi connectivity index (χ1n) is 7.13. The van der Waals surface area contributed by atoms with Gasteiger partial charge in [-0.2, -0.15) is 0 Å². The van der Waals surface area contributed by atoms with Gasteiger partial charge in [-0.1, -0.05) is 6.07 Å². The molecule has 1 N–H and O–H groups in total. The van der Waals surface area contributed by atoms with Crippen molar-refractivity contribution in [2.24, 2.45) is 0 Å². The molecule has 2 aromatic carbocycles. The molecule has 2 rings (SSSR count). The minimum absolute atomic E-state index is 0.240. The summed E-state index contributed by atoms with van der Waals surface area (Å²) < 4.78 is 36.5. The molecular weight excluding hydrogens is 304 g/mol. The lowest BCUT2D eigenvalue weighted by molar-refractivity contribution is -0.127. The van der Waals surface area contributed by atoms with Gasteiger partial charge in [0.25, 0.3) is 5.91 Å². The lowest BCUT2D eigenvalue weighted by Gasteiger charge is -2.15. The Kier molecular flexibility index (Phi) is 5.91. The van der Waals surface area contributed by atoms with Gasteiger partial charge in [-0.25, -0.2) is 8.78 Å². The van der Waals surface area contributed by atoms with Crippen LogP contribution in [0.3, 0.4) is 0 Å². The average Bonchev–Trinajstić information content (AvgIpc) is 2.53. The number of ether oxygens (including phenoxy) is 2. The van der Waals surface area contributed by atoms with Crippen LogP contribution in [0.5, 0.6) is 11.5 Å². The van der Waals surface area contributed by atoms with Crippen LogP contribution < -0.4 is 14.8 Å². The monoisotopic (exact) mass is 321 g/mol. The van der Waals surface area contributed by atoms with Crippen LogP contribution in [0.15, 0.2) is 48.5 Å². The Morgan fingerprint density at radius 3 is 2.52 bits per heavy atom. The number of benzene rings is 2. The molecule has 1 amide bonds. The zero-order valence-electron chi connectivity index (χ0n) is 12.6. The van der Waals surface area contributed by atoms with Crippen molar-refractivity contribution in [3.63, 3.8) is 0 Å². The highest BCUT2D eigenvalue weighted by atomic mass is 19.1. The Morgan fingerprint density at radius 2 is 1.83 bits per heavy atom. The van der Waals surface area contributed by atoms with Gasteiger partial charge >= 0.3 is 0 Å². The number of halogens is 2. The molecule has 0 heterocycles. The first kappa shape index (κ1) is 16.7. The predicted molar refractivity (Wildman–Crippen MR) is 81.4 cm³/mol. The van der Waals surface area contributed by atoms with Crippen LogP contribution in [0.2, 0.25) is 0 Å². The highest BCUT2D eigenvalue weighted by Crippen LogP contribution is 2.14. The topological polar surface area (TPSA) is 47.6 Å². The molecule has 0 aliphatic rings. The van der Waals surface area contributed by atoms with E-state index in [1.807, 2.05) is 0 Å². The zero-order valence-corrected chi connectivity index (χ0v) is 12.6. The second-order valence-electron chi connectivity index (χ2n) is 4.81. The van der Waals surface area contributed by atoms with Gasteiger partial charge in [-0.3, -0.25) is 4.79 Å². The first-order valence-corrected chi connectivity index (χ1v) is 7.13. The van der Waals surface area contributed by atoms with E-state index >= 15 is 0 Å². The van der Waals surface area contributed by atoms with Crippen LogP contribution in [0.4, 0.5) is 8.78 Å². The van der Waals surface area contributed by atoms with E-state index in [4.69, 9.17) is 9.47 Å². The van der Waals surface area contributed by atoms with Crippen molar-refractivity contribution in [1.82, 2.24) is 5.32 Å². The summed E-state index contributed by atoms with van der Waals surface area (Å²) >= 11 is 0. The maximum Gasteiger partial charge on any atom is 0.260 e. The van der Waals surface area contributed by atoms with Crippen LogP contribution >= 0.6 is 0 Å². The fourth-order valence-electron chi connectivity index (χ4n) is 1.82. The Labute approximate surface area is 133 Å². The molecule has 0 saturated heterocycles. The average molecular weight is 321 g/mol. The predicted octanol–water partition coefficient (Wildman–Crippen LogP) is 2.93. The second kappa shape index (κ2) is 8.12. The molecule has 0 aliphatic carbocycles. The number of carbonyl (C=O) groups is 1. The van der Waals surface area contributed by atoms with Gasteiger partial charge in [0.2, 0.25) is 0 Å². The smallest absolute Gasteiger partial charge is 0.260 e. The van der Waals surface area contributed by atoms with Gasteiger partial charge in [-0.15, -0.1) is 0 Å². The molecule has 0 aliphatic heterocycles. The second-order valence-corrected chi connectivity index (χ2v) is 4.81. The molecule has 0 bridgehead atoms. The summed E-state index contributed by atoms with van der Waals surface area (Å²) in [5, 5.41) is 2.64. The molecule has 0 aromatic heterocycles. The van der Waals surface area contributed by atoms with E-state index in [1.54, 1.807) is 13.0 Å². The van der Waals surface area contributed by atoms with Crippen LogP contribution in [0, 0.1) is 11.6 Å². The van der Waals surface area contributed by atoms with Crippen molar-refractivity contribution in [3.8, 4) is 11.5 Å². The Morgan fingerprint density at radius 1 is 1.09 bits per heavy atom. The van der Waals surface area contributed by atoms with E-state index < -0.39 is 11.9 Å². The lowest BCUT2D eigenvalue weighted by atomic mass is 10.3. The third-order valence-electron chi connectivity index (χ3n) is 2.96. The summed E-state index contributed by atoms with van der Waals surface area (Å²) in [5.41, 5.74) is 0. The quantitative estimate of drug-likeness (QED) is 0.798. The maximum absolute atomic E-state index is 13.0. The van der Waals surface area contributed by atoms with Gasteiger partial charge < -0.3 is 14.8 Å². The molecule has 0 spiro atoms. The van der Waals surface area contributed by atoms with E-state index in [-0.39, 0.29) is 30.6 Å². The molecule has 4 nitrogen and oxygen atoms in total. The lowest BCUT2D eigenvalue weighted by Crippen LogP contribution is -2.38. The summed E-state index contributed by atoms with van der Waals surface area (Å²) in [7, 11) is 0. The van der Waals surface area contributed by atoms with Gasteiger partial charge in [0.05, 0.1) is 6.54 Å². The Hall–Kier alpha value is -2.63. The van der Waals surface area contributed by atoms with Crippen molar-refractivity contribution in [1.29, 1.82) is 0 Å². The molecule has 0 fully saturated rings. The van der Waals surface area contributed by atoms with E-state index in [0.717, 1.165) is 0 Å². The zero-order chi connectivity index (χ0) is 16.7. The van der Waals surface area contributed by atoms with Crippen molar-refractivity contribution >= 4 is 5.91 Å². The van der Waals surface area contributed by atoms with Crippen molar-refractivity contribution in [3.05, 3.63) is 60.2 Å². The highest BCUT2D eigenvalue weighted by molar-refractivity contribution is 5.80. The molecular formula is C17H17F2NO3. The van der Waals surface area contributed by atoms with Crippen molar-refractivity contribution in [2.45, 2.75) is 13.0 Å². The number of rotatable bonds is 7. The summed E-state index contributed by atoms with van der Waals surface area (Å²) in [6.07, 6.45) is -0.761. The first-order chi connectivity index (χ1) is 11.0. The largest absolute Gasteiger partial charge is 0.492 e. The Balaban J connectivity index is 1.70. The molecule has 23 heavy (non-hydrogen) atoms. The van der Waals surface area contributed by atoms with E-state index in [0.29, 0.717) is 5.75 Å². The highest BCUT2D eigenvalue weighted by Gasteiger charge is 2.14. The molecule has 6 heteroatoms. The number of hydrogen-bond acceptors (Lipinski definition) is 3. The third kappa shape index (κ3) is 5.58.